The molecular formula is C18H20F3N3O. The fraction of sp³-hybridized carbons (Fsp3) is 0.333. The molecule has 0 unspecified atom stereocenters. The van der Waals surface area contributed by atoms with Gasteiger partial charge in [-0.15, -0.1) is 0 Å². The molecule has 1 aromatic carbocycles. The van der Waals surface area contributed by atoms with E-state index in [1.165, 1.54) is 12.3 Å². The number of nitrogens with one attached hydrogen (secondary N) is 1. The number of carbonyl (C=O) groups is 1. The van der Waals surface area contributed by atoms with Crippen LogP contribution >= 0.6 is 0 Å². The lowest BCUT2D eigenvalue weighted by Crippen LogP contribution is -2.32. The summed E-state index contributed by atoms with van der Waals surface area (Å²) in [6.45, 7) is 5.31. The van der Waals surface area contributed by atoms with Crippen molar-refractivity contribution in [3.8, 4) is 0 Å². The number of hydrogen-bond acceptors (Lipinski definition) is 3. The second-order valence-electron chi connectivity index (χ2n) is 5.57. The first-order chi connectivity index (χ1) is 12.0. The monoisotopic (exact) mass is 351 g/mol. The lowest BCUT2D eigenvalue weighted by Gasteiger charge is -2.21. The maximum Gasteiger partial charge on any atom is 0.255 e. The Labute approximate surface area is 144 Å². The standard InChI is InChI=1S/C18H20F3N3O/c1-3-9-24(10-4-2)18(25)12-5-8-15(22-11-12)23-14-7-6-13(19)16(20)17(14)21/h5-8,11H,3-4,9-10H2,1-2H3,(H,22,23). The van der Waals surface area contributed by atoms with Crippen LogP contribution < -0.4 is 5.32 Å². The van der Waals surface area contributed by atoms with Crippen LogP contribution in [-0.4, -0.2) is 28.9 Å². The Hall–Kier alpha value is -2.57. The summed E-state index contributed by atoms with van der Waals surface area (Å²) >= 11 is 0. The molecule has 1 amide bonds. The van der Waals surface area contributed by atoms with Crippen LogP contribution in [0.5, 0.6) is 0 Å². The molecule has 0 aliphatic heterocycles. The van der Waals surface area contributed by atoms with Gasteiger partial charge in [-0.05, 0) is 37.1 Å². The zero-order valence-corrected chi connectivity index (χ0v) is 14.2. The van der Waals surface area contributed by atoms with Gasteiger partial charge in [-0.3, -0.25) is 4.79 Å². The van der Waals surface area contributed by atoms with E-state index >= 15 is 0 Å². The van der Waals surface area contributed by atoms with Crippen molar-refractivity contribution in [2.75, 3.05) is 18.4 Å². The van der Waals surface area contributed by atoms with Crippen LogP contribution in [0.3, 0.4) is 0 Å². The maximum absolute atomic E-state index is 13.7. The Morgan fingerprint density at radius 2 is 1.72 bits per heavy atom. The minimum atomic E-state index is -1.55. The van der Waals surface area contributed by atoms with Gasteiger partial charge in [0.15, 0.2) is 17.5 Å². The van der Waals surface area contributed by atoms with Gasteiger partial charge in [0, 0.05) is 19.3 Å². The number of amides is 1. The van der Waals surface area contributed by atoms with Gasteiger partial charge in [-0.1, -0.05) is 13.8 Å². The van der Waals surface area contributed by atoms with Gasteiger partial charge in [-0.25, -0.2) is 18.2 Å². The number of nitrogens with zero attached hydrogens (tertiary/aromatic N) is 2. The minimum absolute atomic E-state index is 0.123. The third-order valence-electron chi connectivity index (χ3n) is 3.58. The smallest absolute Gasteiger partial charge is 0.255 e. The predicted molar refractivity (Wildman–Crippen MR) is 90.3 cm³/mol. The molecule has 7 heteroatoms. The molecule has 2 aromatic rings. The summed E-state index contributed by atoms with van der Waals surface area (Å²) in [5.74, 6) is -4.03. The van der Waals surface area contributed by atoms with Gasteiger partial charge in [0.2, 0.25) is 0 Å². The lowest BCUT2D eigenvalue weighted by molar-refractivity contribution is 0.0755. The number of benzene rings is 1. The van der Waals surface area contributed by atoms with Crippen molar-refractivity contribution in [1.29, 1.82) is 0 Å². The van der Waals surface area contributed by atoms with E-state index in [1.807, 2.05) is 13.8 Å². The molecule has 0 radical (unpaired) electrons. The van der Waals surface area contributed by atoms with Gasteiger partial charge >= 0.3 is 0 Å². The maximum atomic E-state index is 13.7. The largest absolute Gasteiger partial charge is 0.339 e. The van der Waals surface area contributed by atoms with E-state index in [-0.39, 0.29) is 17.4 Å². The van der Waals surface area contributed by atoms with Gasteiger partial charge in [0.1, 0.15) is 5.82 Å². The number of hydrogen-bond donors (Lipinski definition) is 1. The molecule has 1 N–H and O–H groups in total. The highest BCUT2D eigenvalue weighted by Crippen LogP contribution is 2.22. The molecule has 4 nitrogen and oxygen atoms in total. The van der Waals surface area contributed by atoms with Crippen LogP contribution in [0.15, 0.2) is 30.5 Å². The molecule has 1 aromatic heterocycles. The predicted octanol–water partition coefficient (Wildman–Crippen LogP) is 4.50. The summed E-state index contributed by atoms with van der Waals surface area (Å²) in [7, 11) is 0. The summed E-state index contributed by atoms with van der Waals surface area (Å²) in [6, 6.07) is 4.96. The Morgan fingerprint density at radius 1 is 1.04 bits per heavy atom. The van der Waals surface area contributed by atoms with Crippen molar-refractivity contribution in [2.24, 2.45) is 0 Å². The van der Waals surface area contributed by atoms with Crippen LogP contribution in [0.2, 0.25) is 0 Å². The van der Waals surface area contributed by atoms with Crippen molar-refractivity contribution < 1.29 is 18.0 Å². The summed E-state index contributed by atoms with van der Waals surface area (Å²) in [5, 5.41) is 2.57. The third-order valence-corrected chi connectivity index (χ3v) is 3.58. The molecule has 0 fully saturated rings. The third kappa shape index (κ3) is 4.49. The Kier molecular flexibility index (Phi) is 6.38. The molecule has 0 saturated carbocycles. The Bertz CT molecular complexity index is 729. The summed E-state index contributed by atoms with van der Waals surface area (Å²) in [5.41, 5.74) is 0.183. The number of halogens is 3. The fourth-order valence-electron chi connectivity index (χ4n) is 2.39. The summed E-state index contributed by atoms with van der Waals surface area (Å²) in [4.78, 5) is 18.2. The Morgan fingerprint density at radius 3 is 2.28 bits per heavy atom. The lowest BCUT2D eigenvalue weighted by atomic mass is 10.2. The van der Waals surface area contributed by atoms with E-state index in [4.69, 9.17) is 0 Å². The van der Waals surface area contributed by atoms with Gasteiger partial charge in [0.25, 0.3) is 5.91 Å². The second-order valence-corrected chi connectivity index (χ2v) is 5.57. The molecule has 0 spiro atoms. The van der Waals surface area contributed by atoms with Crippen molar-refractivity contribution >= 4 is 17.4 Å². The zero-order chi connectivity index (χ0) is 18.4. The van der Waals surface area contributed by atoms with Crippen LogP contribution in [0.1, 0.15) is 37.0 Å². The minimum Gasteiger partial charge on any atom is -0.339 e. The summed E-state index contributed by atoms with van der Waals surface area (Å²) < 4.78 is 39.8. The fourth-order valence-corrected chi connectivity index (χ4v) is 2.39. The van der Waals surface area contributed by atoms with Crippen LogP contribution in [0.25, 0.3) is 0 Å². The van der Waals surface area contributed by atoms with Crippen molar-refractivity contribution in [3.63, 3.8) is 0 Å². The number of rotatable bonds is 7. The van der Waals surface area contributed by atoms with E-state index < -0.39 is 17.5 Å². The van der Waals surface area contributed by atoms with E-state index in [1.54, 1.807) is 11.0 Å². The topological polar surface area (TPSA) is 45.2 Å². The van der Waals surface area contributed by atoms with Crippen LogP contribution in [-0.2, 0) is 0 Å². The first-order valence-electron chi connectivity index (χ1n) is 8.13. The molecule has 2 rings (SSSR count). The normalized spacial score (nSPS) is 10.6. The average Bonchev–Trinajstić information content (AvgIpc) is 2.62. The molecule has 0 bridgehead atoms. The summed E-state index contributed by atoms with van der Waals surface area (Å²) in [6.07, 6.45) is 3.09. The Balaban J connectivity index is 2.14. The van der Waals surface area contributed by atoms with E-state index in [0.29, 0.717) is 18.7 Å². The number of anilines is 2. The molecule has 25 heavy (non-hydrogen) atoms. The molecule has 0 aliphatic carbocycles. The molecular weight excluding hydrogens is 331 g/mol. The van der Waals surface area contributed by atoms with Gasteiger partial charge < -0.3 is 10.2 Å². The highest BCUT2D eigenvalue weighted by atomic mass is 19.2. The van der Waals surface area contributed by atoms with Crippen LogP contribution in [0, 0.1) is 17.5 Å². The highest BCUT2D eigenvalue weighted by molar-refractivity contribution is 5.94. The average molecular weight is 351 g/mol. The number of pyridine rings is 1. The molecule has 0 atom stereocenters. The van der Waals surface area contributed by atoms with E-state index in [2.05, 4.69) is 10.3 Å². The van der Waals surface area contributed by atoms with E-state index in [9.17, 15) is 18.0 Å². The quantitative estimate of drug-likeness (QED) is 0.747. The van der Waals surface area contributed by atoms with Crippen molar-refractivity contribution in [3.05, 3.63) is 53.5 Å². The first kappa shape index (κ1) is 18.8. The molecule has 0 saturated heterocycles. The van der Waals surface area contributed by atoms with Gasteiger partial charge in [-0.2, -0.15) is 0 Å². The van der Waals surface area contributed by atoms with Crippen molar-refractivity contribution in [2.45, 2.75) is 26.7 Å². The zero-order valence-electron chi connectivity index (χ0n) is 14.2. The van der Waals surface area contributed by atoms with Crippen LogP contribution in [0.4, 0.5) is 24.7 Å². The highest BCUT2D eigenvalue weighted by Gasteiger charge is 2.16. The number of aromatic nitrogens is 1. The second kappa shape index (κ2) is 8.50. The van der Waals surface area contributed by atoms with Crippen molar-refractivity contribution in [1.82, 2.24) is 9.88 Å². The number of carbonyl (C=O) groups excluding carboxylic acids is 1. The molecule has 134 valence electrons. The molecule has 0 aliphatic rings. The first-order valence-corrected chi connectivity index (χ1v) is 8.13. The van der Waals surface area contributed by atoms with E-state index in [0.717, 1.165) is 25.0 Å². The van der Waals surface area contributed by atoms with Gasteiger partial charge in [0.05, 0.1) is 11.3 Å². The SMILES string of the molecule is CCCN(CCC)C(=O)c1ccc(Nc2ccc(F)c(F)c2F)nc1. The molecule has 1 heterocycles.